The zero-order valence-corrected chi connectivity index (χ0v) is 30.5. The zero-order chi connectivity index (χ0) is 34.6. The molecule has 0 aromatic heterocycles. The Morgan fingerprint density at radius 2 is 1.59 bits per heavy atom. The first kappa shape index (κ1) is 35.3. The second kappa shape index (κ2) is 15.1. The molecule has 0 heterocycles. The number of benzene rings is 2. The molecule has 3 fully saturated rings. The van der Waals surface area contributed by atoms with Gasteiger partial charge in [0.2, 0.25) is 0 Å². The van der Waals surface area contributed by atoms with Gasteiger partial charge in [0, 0.05) is 6.42 Å². The van der Waals surface area contributed by atoms with Gasteiger partial charge in [-0.2, -0.15) is 5.26 Å². The molecule has 2 aromatic rings. The molecule has 0 radical (unpaired) electrons. The molecule has 0 saturated heterocycles. The van der Waals surface area contributed by atoms with Gasteiger partial charge in [-0.05, 0) is 127 Å². The minimum atomic E-state index is -0.607. The first-order valence-electron chi connectivity index (χ1n) is 19.1. The van der Waals surface area contributed by atoms with Crippen LogP contribution in [0.2, 0.25) is 0 Å². The summed E-state index contributed by atoms with van der Waals surface area (Å²) in [5.41, 5.74) is 4.96. The number of hydrogen-bond acceptors (Lipinski definition) is 4. The Bertz CT molecular complexity index is 1580. The van der Waals surface area contributed by atoms with E-state index in [1.54, 1.807) is 0 Å². The van der Waals surface area contributed by atoms with Crippen molar-refractivity contribution in [2.45, 2.75) is 111 Å². The van der Waals surface area contributed by atoms with Crippen LogP contribution in [0.1, 0.15) is 122 Å². The lowest BCUT2D eigenvalue weighted by Gasteiger charge is -2.58. The molecule has 4 nitrogen and oxygen atoms in total. The highest BCUT2D eigenvalue weighted by Gasteiger charge is 2.59. The molecule has 4 aliphatic rings. The highest BCUT2D eigenvalue weighted by Crippen LogP contribution is 2.67. The van der Waals surface area contributed by atoms with Crippen LogP contribution in [0.5, 0.6) is 5.75 Å². The van der Waals surface area contributed by atoms with Crippen molar-refractivity contribution in [2.75, 3.05) is 0 Å². The molecule has 4 heteroatoms. The Balaban J connectivity index is 0.998. The molecule has 6 rings (SSSR count). The van der Waals surface area contributed by atoms with Crippen LogP contribution in [0, 0.1) is 57.7 Å². The molecule has 4 aliphatic carbocycles. The van der Waals surface area contributed by atoms with Gasteiger partial charge in [0.25, 0.3) is 0 Å². The number of nitrogens with zero attached hydrogens (tertiary/aromatic N) is 1. The standard InChI is InChI=1S/C45H57NO3/c1-31(2)9-8-10-32(3)40-23-24-41-39-22-19-36-29-38(25-27-44(36,4)42(39)26-28-45(40,41)5)49-43(47)48-37-20-17-34(18-21-37)12-7-6-11-33-13-15-35(30-46)16-14-33/h6-7,11-21,31-32,38-42H,8-10,22-29H2,1-5H3/b11-6+,12-7+/t32-,38+,39+,40-,41+,42+,44+,45-/m1/s1. The van der Waals surface area contributed by atoms with Crippen LogP contribution in [-0.4, -0.2) is 12.3 Å². The SMILES string of the molecule is CC(C)CCC[C@@H](C)[C@H]1CC[C@H]2[C@@H]3CC=C4C[C@@H](OC(=O)Oc5ccc(/C=C/C=C/c6ccc(C#N)cc6)cc5)CC[C@]4(C)[C@H]3CC[C@]12C. The van der Waals surface area contributed by atoms with Crippen molar-refractivity contribution >= 4 is 18.3 Å². The minimum absolute atomic E-state index is 0.120. The Labute approximate surface area is 295 Å². The average molecular weight is 660 g/mol. The summed E-state index contributed by atoms with van der Waals surface area (Å²) >= 11 is 0. The van der Waals surface area contributed by atoms with Gasteiger partial charge in [0.05, 0.1) is 11.6 Å². The number of carbonyl (C=O) groups is 1. The van der Waals surface area contributed by atoms with E-state index in [-0.39, 0.29) is 11.5 Å². The monoisotopic (exact) mass is 659 g/mol. The summed E-state index contributed by atoms with van der Waals surface area (Å²) in [4.78, 5) is 12.9. The van der Waals surface area contributed by atoms with Crippen molar-refractivity contribution < 1.29 is 14.3 Å². The van der Waals surface area contributed by atoms with E-state index >= 15 is 0 Å². The average Bonchev–Trinajstić information content (AvgIpc) is 3.45. The van der Waals surface area contributed by atoms with Crippen molar-refractivity contribution in [3.05, 3.63) is 89.0 Å². The third kappa shape index (κ3) is 7.77. The summed E-state index contributed by atoms with van der Waals surface area (Å²) in [6.45, 7) is 12.5. The van der Waals surface area contributed by atoms with E-state index in [9.17, 15) is 4.79 Å². The third-order valence-corrected chi connectivity index (χ3v) is 13.3. The van der Waals surface area contributed by atoms with Gasteiger partial charge in [0.15, 0.2) is 0 Å². The van der Waals surface area contributed by atoms with Gasteiger partial charge in [-0.25, -0.2) is 4.79 Å². The quantitative estimate of drug-likeness (QED) is 0.110. The Morgan fingerprint density at radius 1 is 0.898 bits per heavy atom. The largest absolute Gasteiger partial charge is 0.514 e. The van der Waals surface area contributed by atoms with Crippen LogP contribution in [0.15, 0.2) is 72.3 Å². The van der Waals surface area contributed by atoms with Gasteiger partial charge in [0.1, 0.15) is 11.9 Å². The molecule has 0 bridgehead atoms. The second-order valence-electron chi connectivity index (χ2n) is 16.6. The summed E-state index contributed by atoms with van der Waals surface area (Å²) in [5.74, 6) is 5.45. The molecule has 0 spiro atoms. The number of fused-ring (bicyclic) bond motifs is 5. The fourth-order valence-electron chi connectivity index (χ4n) is 10.7. The fraction of sp³-hybridized carbons (Fsp3) is 0.556. The predicted molar refractivity (Wildman–Crippen MR) is 200 cm³/mol. The zero-order valence-electron chi connectivity index (χ0n) is 30.5. The van der Waals surface area contributed by atoms with Gasteiger partial charge >= 0.3 is 6.16 Å². The maximum atomic E-state index is 12.9. The van der Waals surface area contributed by atoms with Crippen LogP contribution in [0.3, 0.4) is 0 Å². The number of rotatable bonds is 10. The maximum absolute atomic E-state index is 12.9. The molecule has 260 valence electrons. The van der Waals surface area contributed by atoms with E-state index in [0.717, 1.165) is 65.9 Å². The smallest absolute Gasteiger partial charge is 0.430 e. The lowest BCUT2D eigenvalue weighted by molar-refractivity contribution is -0.0597. The highest BCUT2D eigenvalue weighted by atomic mass is 16.7. The molecule has 8 atom stereocenters. The van der Waals surface area contributed by atoms with E-state index in [2.05, 4.69) is 46.8 Å². The summed E-state index contributed by atoms with van der Waals surface area (Å²) in [7, 11) is 0. The molecule has 3 saturated carbocycles. The Kier molecular flexibility index (Phi) is 10.9. The summed E-state index contributed by atoms with van der Waals surface area (Å²) in [6.07, 6.45) is 23.5. The predicted octanol–water partition coefficient (Wildman–Crippen LogP) is 12.2. The fourth-order valence-corrected chi connectivity index (χ4v) is 10.7. The molecule has 2 aromatic carbocycles. The second-order valence-corrected chi connectivity index (χ2v) is 16.6. The van der Waals surface area contributed by atoms with Crippen molar-refractivity contribution in [2.24, 2.45) is 46.3 Å². The van der Waals surface area contributed by atoms with Crippen molar-refractivity contribution in [1.29, 1.82) is 5.26 Å². The molecule has 49 heavy (non-hydrogen) atoms. The molecule has 0 aliphatic heterocycles. The van der Waals surface area contributed by atoms with Crippen LogP contribution in [0.25, 0.3) is 12.2 Å². The van der Waals surface area contributed by atoms with E-state index in [1.165, 1.54) is 56.9 Å². The summed E-state index contributed by atoms with van der Waals surface area (Å²) < 4.78 is 11.5. The van der Waals surface area contributed by atoms with Crippen molar-refractivity contribution in [1.82, 2.24) is 0 Å². The van der Waals surface area contributed by atoms with Crippen LogP contribution >= 0.6 is 0 Å². The van der Waals surface area contributed by atoms with Gasteiger partial charge in [-0.1, -0.05) is 114 Å². The lowest BCUT2D eigenvalue weighted by atomic mass is 9.47. The molecular formula is C45H57NO3. The van der Waals surface area contributed by atoms with E-state index in [0.29, 0.717) is 16.7 Å². The topological polar surface area (TPSA) is 59.3 Å². The molecule has 0 N–H and O–H groups in total. The van der Waals surface area contributed by atoms with Crippen LogP contribution in [0.4, 0.5) is 4.79 Å². The number of nitriles is 1. The lowest BCUT2D eigenvalue weighted by Crippen LogP contribution is -2.51. The number of hydrogen-bond donors (Lipinski definition) is 0. The summed E-state index contributed by atoms with van der Waals surface area (Å²) in [6, 6.07) is 17.1. The van der Waals surface area contributed by atoms with E-state index in [4.69, 9.17) is 14.7 Å². The first-order valence-corrected chi connectivity index (χ1v) is 19.1. The first-order chi connectivity index (χ1) is 23.6. The Hall–Kier alpha value is -3.58. The van der Waals surface area contributed by atoms with Crippen LogP contribution in [-0.2, 0) is 4.74 Å². The van der Waals surface area contributed by atoms with E-state index < -0.39 is 6.16 Å². The number of allylic oxidation sites excluding steroid dienone is 3. The summed E-state index contributed by atoms with van der Waals surface area (Å²) in [5, 5.41) is 8.94. The molecule has 0 amide bonds. The molecule has 0 unspecified atom stereocenters. The van der Waals surface area contributed by atoms with Gasteiger partial charge < -0.3 is 9.47 Å². The molecular weight excluding hydrogens is 602 g/mol. The minimum Gasteiger partial charge on any atom is -0.430 e. The van der Waals surface area contributed by atoms with Crippen molar-refractivity contribution in [3.63, 3.8) is 0 Å². The van der Waals surface area contributed by atoms with Crippen LogP contribution < -0.4 is 4.74 Å². The van der Waals surface area contributed by atoms with Crippen molar-refractivity contribution in [3.8, 4) is 11.8 Å². The maximum Gasteiger partial charge on any atom is 0.514 e. The Morgan fingerprint density at radius 3 is 2.27 bits per heavy atom. The third-order valence-electron chi connectivity index (χ3n) is 13.3. The highest BCUT2D eigenvalue weighted by molar-refractivity contribution is 5.65. The van der Waals surface area contributed by atoms with Gasteiger partial charge in [-0.3, -0.25) is 0 Å². The number of ether oxygens (including phenoxy) is 2. The van der Waals surface area contributed by atoms with Gasteiger partial charge in [-0.15, -0.1) is 0 Å². The number of carbonyl (C=O) groups excluding carboxylic acids is 1. The normalized spacial score (nSPS) is 31.4. The van der Waals surface area contributed by atoms with E-state index in [1.807, 2.05) is 72.8 Å².